The Hall–Kier alpha value is -1.18. The molecule has 0 spiro atoms. The van der Waals surface area contributed by atoms with Crippen LogP contribution in [0.15, 0.2) is 11.6 Å². The van der Waals surface area contributed by atoms with E-state index in [1.165, 1.54) is 12.5 Å². The monoisotopic (exact) mass is 1060 g/mol. The highest BCUT2D eigenvalue weighted by atomic mass is 16.8. The van der Waals surface area contributed by atoms with Crippen LogP contribution in [-0.4, -0.2) is 239 Å². The molecule has 5 aliphatic heterocycles. The van der Waals surface area contributed by atoms with Crippen LogP contribution in [0.25, 0.3) is 0 Å². The van der Waals surface area contributed by atoms with Crippen LogP contribution in [0.3, 0.4) is 0 Å². The third kappa shape index (κ3) is 10.2. The van der Waals surface area contributed by atoms with Crippen LogP contribution in [0.1, 0.15) is 92.4 Å². The van der Waals surface area contributed by atoms with E-state index in [2.05, 4.69) is 26.8 Å². The van der Waals surface area contributed by atoms with Gasteiger partial charge in [-0.1, -0.05) is 39.3 Å². The van der Waals surface area contributed by atoms with E-state index < -0.39 is 155 Å². The minimum Gasteiger partial charge on any atom is -0.394 e. The summed E-state index contributed by atoms with van der Waals surface area (Å²) in [5, 5.41) is 149. The van der Waals surface area contributed by atoms with Crippen molar-refractivity contribution in [3.8, 4) is 0 Å². The quantitative estimate of drug-likeness (QED) is 0.0727. The molecule has 8 fully saturated rings. The second kappa shape index (κ2) is 22.4. The number of aliphatic hydroxyl groups excluding tert-OH is 13. The number of allylic oxidation sites excluding steroid dienone is 1. The molecule has 0 aromatic carbocycles. The summed E-state index contributed by atoms with van der Waals surface area (Å²) in [5.41, 5.74) is 0.989. The maximum atomic E-state index is 12.1. The summed E-state index contributed by atoms with van der Waals surface area (Å²) in [6.45, 7) is 8.33. The third-order valence-electron chi connectivity index (χ3n) is 19.5. The van der Waals surface area contributed by atoms with Gasteiger partial charge in [0, 0.05) is 12.3 Å². The highest BCUT2D eigenvalue weighted by molar-refractivity contribution is 5.26. The number of aliphatic hydroxyl groups is 14. The van der Waals surface area contributed by atoms with E-state index in [0.29, 0.717) is 43.4 Å². The highest BCUT2D eigenvalue weighted by Gasteiger charge is 2.68. The van der Waals surface area contributed by atoms with Crippen molar-refractivity contribution in [3.63, 3.8) is 0 Å². The van der Waals surface area contributed by atoms with Gasteiger partial charge in [-0.2, -0.15) is 0 Å². The fourth-order valence-corrected chi connectivity index (χ4v) is 15.0. The van der Waals surface area contributed by atoms with Crippen molar-refractivity contribution in [2.24, 2.45) is 46.3 Å². The van der Waals surface area contributed by atoms with E-state index in [1.54, 1.807) is 0 Å². The number of ether oxygens (including phenoxy) is 9. The predicted octanol–water partition coefficient (Wildman–Crippen LogP) is -3.01. The largest absolute Gasteiger partial charge is 0.394 e. The molecule has 74 heavy (non-hydrogen) atoms. The summed E-state index contributed by atoms with van der Waals surface area (Å²) in [5.74, 6) is -0.351. The van der Waals surface area contributed by atoms with Crippen LogP contribution in [0.4, 0.5) is 0 Å². The lowest BCUT2D eigenvalue weighted by molar-refractivity contribution is -0.394. The van der Waals surface area contributed by atoms with Gasteiger partial charge >= 0.3 is 0 Å². The van der Waals surface area contributed by atoms with Gasteiger partial charge in [0.1, 0.15) is 91.6 Å². The zero-order valence-electron chi connectivity index (χ0n) is 42.9. The summed E-state index contributed by atoms with van der Waals surface area (Å²) in [6.07, 6.45) is -22.5. The molecular weight excluding hydrogens is 981 g/mol. The molecule has 14 N–H and O–H groups in total. The Kier molecular flexibility index (Phi) is 17.4. The summed E-state index contributed by atoms with van der Waals surface area (Å²) in [4.78, 5) is 0. The molecule has 23 nitrogen and oxygen atoms in total. The lowest BCUT2D eigenvalue weighted by Crippen LogP contribution is -2.67. The fourth-order valence-electron chi connectivity index (χ4n) is 15.0. The molecule has 426 valence electrons. The molecule has 0 unspecified atom stereocenters. The van der Waals surface area contributed by atoms with Gasteiger partial charge in [0.2, 0.25) is 0 Å². The molecule has 23 heteroatoms. The van der Waals surface area contributed by atoms with Gasteiger partial charge < -0.3 is 114 Å². The minimum atomic E-state index is -1.88. The molecule has 0 radical (unpaired) electrons. The van der Waals surface area contributed by atoms with Gasteiger partial charge in [-0.15, -0.1) is 0 Å². The summed E-state index contributed by atoms with van der Waals surface area (Å²) in [6, 6.07) is 0. The lowest BCUT2D eigenvalue weighted by atomic mass is 9.47. The number of hydrogen-bond donors (Lipinski definition) is 14. The first-order chi connectivity index (χ1) is 35.0. The van der Waals surface area contributed by atoms with Crippen LogP contribution >= 0.6 is 0 Å². The van der Waals surface area contributed by atoms with Gasteiger partial charge in [-0.25, -0.2) is 0 Å². The molecule has 4 aliphatic carbocycles. The second-order valence-corrected chi connectivity index (χ2v) is 23.8. The average molecular weight is 1070 g/mol. The van der Waals surface area contributed by atoms with Gasteiger partial charge in [-0.05, 0) is 98.7 Å². The van der Waals surface area contributed by atoms with Gasteiger partial charge in [0.15, 0.2) is 30.9 Å². The first kappa shape index (κ1) is 57.5. The van der Waals surface area contributed by atoms with Crippen LogP contribution in [0.5, 0.6) is 0 Å². The van der Waals surface area contributed by atoms with Crippen LogP contribution < -0.4 is 0 Å². The van der Waals surface area contributed by atoms with Crippen molar-refractivity contribution in [3.05, 3.63) is 11.6 Å². The second-order valence-electron chi connectivity index (χ2n) is 23.8. The molecule has 9 aliphatic rings. The molecular formula is C51H84O23. The number of rotatable bonds is 15. The molecule has 0 bridgehead atoms. The van der Waals surface area contributed by atoms with Crippen LogP contribution in [-0.2, 0) is 42.6 Å². The van der Waals surface area contributed by atoms with Crippen molar-refractivity contribution >= 4 is 0 Å². The zero-order valence-corrected chi connectivity index (χ0v) is 42.9. The summed E-state index contributed by atoms with van der Waals surface area (Å²) >= 11 is 0. The normalized spacial score (nSPS) is 54.9. The lowest BCUT2D eigenvalue weighted by Gasteiger charge is -2.58. The zero-order chi connectivity index (χ0) is 53.5. The predicted molar refractivity (Wildman–Crippen MR) is 250 cm³/mol. The molecule has 3 saturated carbocycles. The molecule has 5 saturated heterocycles. The molecule has 0 amide bonds. The third-order valence-corrected chi connectivity index (χ3v) is 19.5. The Balaban J connectivity index is 0.864. The SMILES string of the molecule is C[C@H](CC[C@]1(O)O[C@H]2C[C@H]3[C@@H]4CC=C5C[C@@H](O[C@@H]6O[C@H](CO)[C@@H](O)[C@H](O[C@@H]7O[C@H](CO)[C@@H](O)[C@H](O)[C@H]7O)[C@H]6O[C@@H]6O[C@@H](C)[C@H](O)[C@@H](O)[C@H]6O)CC[C@]5(C)[C@H]4CC[C@]3(C)[C@H]2[C@@H]1C)CO[C@@H]1O[C@H](CO)[C@@H](O)[C@H](O)[C@H]1O. The molecule has 5 heterocycles. The molecule has 0 aromatic rings. The summed E-state index contributed by atoms with van der Waals surface area (Å²) < 4.78 is 54.7. The highest BCUT2D eigenvalue weighted by Crippen LogP contribution is 2.70. The van der Waals surface area contributed by atoms with Crippen molar-refractivity contribution < 1.29 is 114 Å². The van der Waals surface area contributed by atoms with E-state index in [1.807, 2.05) is 6.92 Å². The maximum absolute atomic E-state index is 12.1. The van der Waals surface area contributed by atoms with E-state index in [4.69, 9.17) is 42.6 Å². The molecule has 9 rings (SSSR count). The van der Waals surface area contributed by atoms with Crippen molar-refractivity contribution in [1.82, 2.24) is 0 Å². The van der Waals surface area contributed by atoms with Gasteiger partial charge in [-0.3, -0.25) is 0 Å². The van der Waals surface area contributed by atoms with E-state index in [-0.39, 0.29) is 41.3 Å². The van der Waals surface area contributed by atoms with E-state index >= 15 is 0 Å². The first-order valence-electron chi connectivity index (χ1n) is 26.9. The van der Waals surface area contributed by atoms with Crippen molar-refractivity contribution in [2.45, 2.75) is 233 Å². The van der Waals surface area contributed by atoms with Crippen LogP contribution in [0, 0.1) is 46.3 Å². The Morgan fingerprint density at radius 2 is 1.20 bits per heavy atom. The van der Waals surface area contributed by atoms with Crippen molar-refractivity contribution in [2.75, 3.05) is 26.4 Å². The Bertz CT molecular complexity index is 1920. The maximum Gasteiger partial charge on any atom is 0.187 e. The average Bonchev–Trinajstić information content (AvgIpc) is 3.82. The number of hydrogen-bond acceptors (Lipinski definition) is 23. The van der Waals surface area contributed by atoms with E-state index in [9.17, 15) is 71.5 Å². The first-order valence-corrected chi connectivity index (χ1v) is 26.9. The van der Waals surface area contributed by atoms with Gasteiger partial charge in [0.25, 0.3) is 0 Å². The Morgan fingerprint density at radius 1 is 0.635 bits per heavy atom. The Morgan fingerprint density at radius 3 is 1.85 bits per heavy atom. The molecule has 0 aromatic heterocycles. The summed E-state index contributed by atoms with van der Waals surface area (Å²) in [7, 11) is 0. The van der Waals surface area contributed by atoms with Gasteiger partial charge in [0.05, 0.1) is 44.7 Å². The number of fused-ring (bicyclic) bond motifs is 7. The Labute approximate surface area is 430 Å². The fraction of sp³-hybridized carbons (Fsp3) is 0.961. The van der Waals surface area contributed by atoms with Crippen LogP contribution in [0.2, 0.25) is 0 Å². The topological polar surface area (TPSA) is 366 Å². The minimum absolute atomic E-state index is 0.0769. The standard InChI is InChI=1S/C51H84O23/c1-20(19-66-45-40(62)38(60)34(56)29(16-52)69-45)8-13-51(65)21(2)32-28(74-51)15-27-25-7-6-23-14-24(9-11-49(23,4)26(25)10-12-50(27,32)5)68-48-44(73-46-41(63)37(59)33(55)22(3)67-46)43(36(58)31(18-54)71-48)72-47-42(64)39(61)35(57)30(17-53)70-47/h6,20-22,24-48,52-65H,7-19H2,1-5H3/t20-,21+,22+,24+,25-,26+,27+,28+,29-,30-,31-,32+,33+,34-,35-,36-,37-,38+,39+,40-,41-,42-,43+,44-,45-,46+,47+,48-,49+,50+,51+/m1/s1. The van der Waals surface area contributed by atoms with E-state index in [0.717, 1.165) is 32.1 Å². The molecule has 31 atom stereocenters. The van der Waals surface area contributed by atoms with Crippen molar-refractivity contribution in [1.29, 1.82) is 0 Å². The smallest absolute Gasteiger partial charge is 0.187 e.